The van der Waals surface area contributed by atoms with Crippen molar-refractivity contribution >= 4 is 22.8 Å². The Bertz CT molecular complexity index is 604. The first-order valence-corrected chi connectivity index (χ1v) is 7.15. The third kappa shape index (κ3) is 2.18. The average molecular weight is 280 g/mol. The Morgan fingerprint density at radius 2 is 2.16 bits per heavy atom. The minimum absolute atomic E-state index is 0.360. The van der Waals surface area contributed by atoms with E-state index in [1.165, 1.54) is 19.3 Å². The largest absolute Gasteiger partial charge is 0.481 e. The molecule has 0 N–H and O–H groups in total. The van der Waals surface area contributed by atoms with Crippen molar-refractivity contribution < 1.29 is 4.74 Å². The van der Waals surface area contributed by atoms with Crippen molar-refractivity contribution in [3.63, 3.8) is 0 Å². The quantitative estimate of drug-likeness (QED) is 0.806. The SMILES string of the molecule is COc1ccc2nc(CCl)n(CC3(C)CCC3)c2n1. The molecule has 1 aliphatic carbocycles. The molecule has 2 aromatic heterocycles. The molecule has 19 heavy (non-hydrogen) atoms. The number of methoxy groups -OCH3 is 1. The molecular weight excluding hydrogens is 262 g/mol. The number of hydrogen-bond acceptors (Lipinski definition) is 3. The van der Waals surface area contributed by atoms with E-state index in [9.17, 15) is 0 Å². The highest BCUT2D eigenvalue weighted by molar-refractivity contribution is 6.16. The number of fused-ring (bicyclic) bond motifs is 1. The van der Waals surface area contributed by atoms with Crippen molar-refractivity contribution in [1.29, 1.82) is 0 Å². The van der Waals surface area contributed by atoms with Crippen molar-refractivity contribution in [3.05, 3.63) is 18.0 Å². The fourth-order valence-corrected chi connectivity index (χ4v) is 2.94. The summed E-state index contributed by atoms with van der Waals surface area (Å²) in [5.41, 5.74) is 2.13. The van der Waals surface area contributed by atoms with Crippen molar-refractivity contribution in [1.82, 2.24) is 14.5 Å². The van der Waals surface area contributed by atoms with Gasteiger partial charge in [0.25, 0.3) is 0 Å². The summed E-state index contributed by atoms with van der Waals surface area (Å²) in [5.74, 6) is 1.92. The fourth-order valence-electron chi connectivity index (χ4n) is 2.73. The van der Waals surface area contributed by atoms with E-state index in [0.717, 1.165) is 23.5 Å². The molecule has 3 rings (SSSR count). The normalized spacial score (nSPS) is 17.4. The Balaban J connectivity index is 2.08. The second kappa shape index (κ2) is 4.67. The second-order valence-electron chi connectivity index (χ2n) is 5.61. The Kier molecular flexibility index (Phi) is 3.13. The summed E-state index contributed by atoms with van der Waals surface area (Å²) >= 11 is 6.02. The molecule has 0 spiro atoms. The number of hydrogen-bond donors (Lipinski definition) is 0. The number of ether oxygens (including phenoxy) is 1. The van der Waals surface area contributed by atoms with E-state index < -0.39 is 0 Å². The van der Waals surface area contributed by atoms with Gasteiger partial charge in [-0.05, 0) is 24.3 Å². The molecule has 2 aromatic rings. The number of nitrogens with zero attached hydrogens (tertiary/aromatic N) is 3. The van der Waals surface area contributed by atoms with E-state index in [2.05, 4.69) is 21.5 Å². The van der Waals surface area contributed by atoms with Gasteiger partial charge in [0.15, 0.2) is 5.65 Å². The number of aromatic nitrogens is 3. The predicted octanol–water partition coefficient (Wildman–Crippen LogP) is 3.37. The summed E-state index contributed by atoms with van der Waals surface area (Å²) in [7, 11) is 1.63. The smallest absolute Gasteiger partial charge is 0.215 e. The molecule has 0 atom stereocenters. The van der Waals surface area contributed by atoms with Gasteiger partial charge >= 0.3 is 0 Å². The lowest BCUT2D eigenvalue weighted by Crippen LogP contribution is -2.31. The third-order valence-corrected chi connectivity index (χ3v) is 4.31. The van der Waals surface area contributed by atoms with Gasteiger partial charge in [0.2, 0.25) is 5.88 Å². The van der Waals surface area contributed by atoms with Gasteiger partial charge in [-0.25, -0.2) is 4.98 Å². The van der Waals surface area contributed by atoms with Crippen LogP contribution < -0.4 is 4.74 Å². The van der Waals surface area contributed by atoms with Crippen LogP contribution in [0.25, 0.3) is 11.2 Å². The molecule has 5 heteroatoms. The lowest BCUT2D eigenvalue weighted by molar-refractivity contribution is 0.132. The topological polar surface area (TPSA) is 39.9 Å². The van der Waals surface area contributed by atoms with E-state index in [0.29, 0.717) is 17.2 Å². The zero-order chi connectivity index (χ0) is 13.5. The number of imidazole rings is 1. The molecule has 4 nitrogen and oxygen atoms in total. The van der Waals surface area contributed by atoms with Gasteiger partial charge in [0.1, 0.15) is 11.3 Å². The van der Waals surface area contributed by atoms with E-state index in [1.54, 1.807) is 7.11 Å². The zero-order valence-corrected chi connectivity index (χ0v) is 12.1. The molecule has 0 saturated heterocycles. The first-order chi connectivity index (χ1) is 9.15. The Hall–Kier alpha value is -1.29. The lowest BCUT2D eigenvalue weighted by Gasteiger charge is -2.39. The predicted molar refractivity (Wildman–Crippen MR) is 75.6 cm³/mol. The van der Waals surface area contributed by atoms with Crippen molar-refractivity contribution in [2.45, 2.75) is 38.6 Å². The van der Waals surface area contributed by atoms with E-state index in [1.807, 2.05) is 12.1 Å². The zero-order valence-electron chi connectivity index (χ0n) is 11.3. The van der Waals surface area contributed by atoms with Crippen molar-refractivity contribution in [3.8, 4) is 5.88 Å². The Labute approximate surface area is 117 Å². The van der Waals surface area contributed by atoms with E-state index in [4.69, 9.17) is 16.3 Å². The monoisotopic (exact) mass is 279 g/mol. The van der Waals surface area contributed by atoms with Crippen LogP contribution in [0.15, 0.2) is 12.1 Å². The summed E-state index contributed by atoms with van der Waals surface area (Å²) in [5, 5.41) is 0. The summed E-state index contributed by atoms with van der Waals surface area (Å²) in [4.78, 5) is 9.09. The fraction of sp³-hybridized carbons (Fsp3) is 0.571. The average Bonchev–Trinajstić information content (AvgIpc) is 2.74. The molecule has 0 radical (unpaired) electrons. The van der Waals surface area contributed by atoms with Crippen LogP contribution in [0.1, 0.15) is 32.0 Å². The summed E-state index contributed by atoms with van der Waals surface area (Å²) in [6.07, 6.45) is 3.84. The van der Waals surface area contributed by atoms with Crippen LogP contribution in [0.2, 0.25) is 0 Å². The Morgan fingerprint density at radius 3 is 2.74 bits per heavy atom. The number of pyridine rings is 1. The number of halogens is 1. The van der Waals surface area contributed by atoms with Crippen molar-refractivity contribution in [2.75, 3.05) is 7.11 Å². The van der Waals surface area contributed by atoms with Gasteiger partial charge in [-0.1, -0.05) is 13.3 Å². The van der Waals surface area contributed by atoms with Crippen LogP contribution in [0.5, 0.6) is 5.88 Å². The molecule has 2 heterocycles. The maximum atomic E-state index is 6.02. The summed E-state index contributed by atoms with van der Waals surface area (Å²) in [6, 6.07) is 3.78. The van der Waals surface area contributed by atoms with Crippen LogP contribution in [-0.4, -0.2) is 21.6 Å². The molecular formula is C14H18ClN3O. The number of alkyl halides is 1. The van der Waals surface area contributed by atoms with Gasteiger partial charge in [0, 0.05) is 12.6 Å². The number of rotatable bonds is 4. The van der Waals surface area contributed by atoms with Crippen molar-refractivity contribution in [2.24, 2.45) is 5.41 Å². The van der Waals surface area contributed by atoms with Crippen LogP contribution in [0.3, 0.4) is 0 Å². The first-order valence-electron chi connectivity index (χ1n) is 6.61. The van der Waals surface area contributed by atoms with Crippen LogP contribution >= 0.6 is 11.6 Å². The van der Waals surface area contributed by atoms with E-state index in [-0.39, 0.29) is 0 Å². The highest BCUT2D eigenvalue weighted by atomic mass is 35.5. The molecule has 0 aromatic carbocycles. The minimum atomic E-state index is 0.360. The van der Waals surface area contributed by atoms with Gasteiger partial charge in [-0.3, -0.25) is 0 Å². The molecule has 0 unspecified atom stereocenters. The van der Waals surface area contributed by atoms with Gasteiger partial charge in [-0.15, -0.1) is 11.6 Å². The van der Waals surface area contributed by atoms with Gasteiger partial charge in [-0.2, -0.15) is 4.98 Å². The van der Waals surface area contributed by atoms with E-state index >= 15 is 0 Å². The molecule has 0 bridgehead atoms. The maximum Gasteiger partial charge on any atom is 0.215 e. The first kappa shape index (κ1) is 12.7. The highest BCUT2D eigenvalue weighted by Gasteiger charge is 2.33. The highest BCUT2D eigenvalue weighted by Crippen LogP contribution is 2.42. The summed E-state index contributed by atoms with van der Waals surface area (Å²) in [6.45, 7) is 3.26. The molecule has 102 valence electrons. The molecule has 1 aliphatic rings. The second-order valence-corrected chi connectivity index (χ2v) is 5.88. The summed E-state index contributed by atoms with van der Waals surface area (Å²) < 4.78 is 7.36. The van der Waals surface area contributed by atoms with Gasteiger partial charge in [0.05, 0.1) is 13.0 Å². The molecule has 1 saturated carbocycles. The van der Waals surface area contributed by atoms with Crippen LogP contribution in [0.4, 0.5) is 0 Å². The van der Waals surface area contributed by atoms with Gasteiger partial charge < -0.3 is 9.30 Å². The maximum absolute atomic E-state index is 6.02. The lowest BCUT2D eigenvalue weighted by atomic mass is 9.70. The minimum Gasteiger partial charge on any atom is -0.481 e. The molecule has 0 aliphatic heterocycles. The standard InChI is InChI=1S/C14H18ClN3O/c1-14(6-3-7-14)9-18-11(8-15)16-10-4-5-12(19-2)17-13(10)18/h4-5H,3,6-9H2,1-2H3. The van der Waals surface area contributed by atoms with Crippen LogP contribution in [0, 0.1) is 5.41 Å². The third-order valence-electron chi connectivity index (χ3n) is 4.07. The molecule has 1 fully saturated rings. The Morgan fingerprint density at radius 1 is 1.37 bits per heavy atom. The van der Waals surface area contributed by atoms with Crippen LogP contribution in [-0.2, 0) is 12.4 Å². The molecule has 0 amide bonds.